The Hall–Kier alpha value is -1.81. The Labute approximate surface area is 120 Å². The summed E-state index contributed by atoms with van der Waals surface area (Å²) in [6.07, 6.45) is 5.69. The Morgan fingerprint density at radius 1 is 1.20 bits per heavy atom. The molecule has 20 heavy (non-hydrogen) atoms. The van der Waals surface area contributed by atoms with Crippen molar-refractivity contribution >= 4 is 22.3 Å². The van der Waals surface area contributed by atoms with Crippen LogP contribution in [-0.2, 0) is 0 Å². The average Bonchev–Trinajstić information content (AvgIpc) is 2.99. The van der Waals surface area contributed by atoms with Crippen molar-refractivity contribution in [1.29, 1.82) is 0 Å². The first-order valence-electron chi connectivity index (χ1n) is 7.44. The fourth-order valence-corrected chi connectivity index (χ4v) is 2.88. The summed E-state index contributed by atoms with van der Waals surface area (Å²) in [6, 6.07) is 8.01. The fourth-order valence-electron chi connectivity index (χ4n) is 2.88. The Morgan fingerprint density at radius 2 is 2.05 bits per heavy atom. The van der Waals surface area contributed by atoms with Crippen LogP contribution in [0.3, 0.4) is 0 Å². The number of aromatic nitrogens is 1. The second-order valence-corrected chi connectivity index (χ2v) is 5.43. The summed E-state index contributed by atoms with van der Waals surface area (Å²) in [5, 5.41) is 4.62. The van der Waals surface area contributed by atoms with Crippen molar-refractivity contribution in [1.82, 2.24) is 9.88 Å². The summed E-state index contributed by atoms with van der Waals surface area (Å²) < 4.78 is 0. The van der Waals surface area contributed by atoms with E-state index in [-0.39, 0.29) is 0 Å². The molecule has 0 bridgehead atoms. The Balaban J connectivity index is 1.61. The van der Waals surface area contributed by atoms with E-state index >= 15 is 0 Å². The van der Waals surface area contributed by atoms with Gasteiger partial charge in [-0.2, -0.15) is 0 Å². The SMILES string of the molecule is Nc1ccc(NCCCN2CCCC2)c2cccnc12. The van der Waals surface area contributed by atoms with Gasteiger partial charge >= 0.3 is 0 Å². The Bertz CT molecular complexity index is 576. The number of rotatable bonds is 5. The van der Waals surface area contributed by atoms with Gasteiger partial charge in [0, 0.05) is 23.8 Å². The van der Waals surface area contributed by atoms with Crippen LogP contribution >= 0.6 is 0 Å². The maximum Gasteiger partial charge on any atom is 0.0951 e. The van der Waals surface area contributed by atoms with Gasteiger partial charge < -0.3 is 16.0 Å². The molecule has 0 unspecified atom stereocenters. The predicted molar refractivity (Wildman–Crippen MR) is 84.9 cm³/mol. The van der Waals surface area contributed by atoms with E-state index in [0.29, 0.717) is 0 Å². The topological polar surface area (TPSA) is 54.2 Å². The summed E-state index contributed by atoms with van der Waals surface area (Å²) in [4.78, 5) is 6.91. The normalized spacial score (nSPS) is 15.8. The summed E-state index contributed by atoms with van der Waals surface area (Å²) >= 11 is 0. The number of likely N-dealkylation sites (tertiary alicyclic amines) is 1. The van der Waals surface area contributed by atoms with E-state index < -0.39 is 0 Å². The van der Waals surface area contributed by atoms with Crippen molar-refractivity contribution in [2.75, 3.05) is 37.2 Å². The van der Waals surface area contributed by atoms with Crippen molar-refractivity contribution in [3.63, 3.8) is 0 Å². The molecule has 4 heteroatoms. The van der Waals surface area contributed by atoms with Crippen LogP contribution in [0.4, 0.5) is 11.4 Å². The molecule has 0 atom stereocenters. The zero-order valence-corrected chi connectivity index (χ0v) is 11.8. The minimum absolute atomic E-state index is 0.739. The molecule has 0 saturated carbocycles. The summed E-state index contributed by atoms with van der Waals surface area (Å²) in [5.41, 5.74) is 8.72. The van der Waals surface area contributed by atoms with Gasteiger partial charge in [0.15, 0.2) is 0 Å². The molecule has 3 rings (SSSR count). The standard InChI is InChI=1S/C16H22N4/c17-14-6-7-15(13-5-3-8-19-16(13)14)18-9-4-12-20-10-1-2-11-20/h3,5-8,18H,1-2,4,9-12,17H2. The van der Waals surface area contributed by atoms with Crippen molar-refractivity contribution in [3.05, 3.63) is 30.5 Å². The van der Waals surface area contributed by atoms with Gasteiger partial charge in [0.05, 0.1) is 11.2 Å². The Morgan fingerprint density at radius 3 is 2.90 bits per heavy atom. The molecule has 1 saturated heterocycles. The van der Waals surface area contributed by atoms with E-state index in [1.54, 1.807) is 6.20 Å². The van der Waals surface area contributed by atoms with Crippen LogP contribution in [0.2, 0.25) is 0 Å². The van der Waals surface area contributed by atoms with Gasteiger partial charge in [0.1, 0.15) is 0 Å². The highest BCUT2D eigenvalue weighted by atomic mass is 15.1. The number of anilines is 2. The lowest BCUT2D eigenvalue weighted by Crippen LogP contribution is -2.22. The number of benzene rings is 1. The minimum Gasteiger partial charge on any atom is -0.397 e. The number of nitrogens with two attached hydrogens (primary N) is 1. The quantitative estimate of drug-likeness (QED) is 0.648. The highest BCUT2D eigenvalue weighted by Gasteiger charge is 2.10. The van der Waals surface area contributed by atoms with Gasteiger partial charge in [-0.05, 0) is 63.2 Å². The lowest BCUT2D eigenvalue weighted by atomic mass is 10.1. The molecule has 0 amide bonds. The number of hydrogen-bond acceptors (Lipinski definition) is 4. The van der Waals surface area contributed by atoms with E-state index in [0.717, 1.165) is 28.8 Å². The molecular formula is C16H22N4. The molecule has 1 aromatic carbocycles. The summed E-state index contributed by atoms with van der Waals surface area (Å²) in [7, 11) is 0. The van der Waals surface area contributed by atoms with Gasteiger partial charge in [-0.3, -0.25) is 4.98 Å². The first kappa shape index (κ1) is 13.2. The molecule has 1 aliphatic rings. The summed E-state index contributed by atoms with van der Waals surface area (Å²) in [5.74, 6) is 0. The maximum absolute atomic E-state index is 5.97. The first-order valence-corrected chi connectivity index (χ1v) is 7.44. The average molecular weight is 270 g/mol. The molecule has 3 N–H and O–H groups in total. The first-order chi connectivity index (χ1) is 9.84. The van der Waals surface area contributed by atoms with Gasteiger partial charge in [0.2, 0.25) is 0 Å². The van der Waals surface area contributed by atoms with Crippen molar-refractivity contribution in [2.24, 2.45) is 0 Å². The van der Waals surface area contributed by atoms with Crippen LogP contribution in [0.25, 0.3) is 10.9 Å². The van der Waals surface area contributed by atoms with Crippen LogP contribution in [0.1, 0.15) is 19.3 Å². The number of fused-ring (bicyclic) bond motifs is 1. The number of nitrogen functional groups attached to an aromatic ring is 1. The van der Waals surface area contributed by atoms with E-state index in [2.05, 4.69) is 27.3 Å². The van der Waals surface area contributed by atoms with Gasteiger partial charge in [-0.1, -0.05) is 0 Å². The zero-order valence-electron chi connectivity index (χ0n) is 11.8. The third-order valence-electron chi connectivity index (χ3n) is 3.97. The number of hydrogen-bond donors (Lipinski definition) is 2. The molecule has 2 aromatic rings. The highest BCUT2D eigenvalue weighted by molar-refractivity contribution is 5.98. The van der Waals surface area contributed by atoms with Crippen molar-refractivity contribution in [2.45, 2.75) is 19.3 Å². The Kier molecular flexibility index (Phi) is 4.02. The molecule has 2 heterocycles. The number of nitrogens with zero attached hydrogens (tertiary/aromatic N) is 2. The smallest absolute Gasteiger partial charge is 0.0951 e. The van der Waals surface area contributed by atoms with Crippen LogP contribution in [-0.4, -0.2) is 36.1 Å². The highest BCUT2D eigenvalue weighted by Crippen LogP contribution is 2.26. The molecule has 0 radical (unpaired) electrons. The fraction of sp³-hybridized carbons (Fsp3) is 0.438. The number of nitrogens with one attached hydrogen (secondary N) is 1. The monoisotopic (exact) mass is 270 g/mol. The van der Waals surface area contributed by atoms with E-state index in [4.69, 9.17) is 5.73 Å². The lowest BCUT2D eigenvalue weighted by Gasteiger charge is -2.15. The molecule has 0 spiro atoms. The van der Waals surface area contributed by atoms with Crippen LogP contribution in [0, 0.1) is 0 Å². The third kappa shape index (κ3) is 2.85. The van der Waals surface area contributed by atoms with Gasteiger partial charge in [-0.25, -0.2) is 0 Å². The van der Waals surface area contributed by atoms with E-state index in [1.807, 2.05) is 12.1 Å². The minimum atomic E-state index is 0.739. The van der Waals surface area contributed by atoms with Crippen LogP contribution < -0.4 is 11.1 Å². The predicted octanol–water partition coefficient (Wildman–Crippen LogP) is 2.71. The third-order valence-corrected chi connectivity index (χ3v) is 3.97. The molecule has 1 fully saturated rings. The largest absolute Gasteiger partial charge is 0.397 e. The van der Waals surface area contributed by atoms with E-state index in [1.165, 1.54) is 38.9 Å². The second-order valence-electron chi connectivity index (χ2n) is 5.43. The van der Waals surface area contributed by atoms with E-state index in [9.17, 15) is 0 Å². The molecule has 106 valence electrons. The molecule has 1 aliphatic heterocycles. The molecule has 0 aliphatic carbocycles. The van der Waals surface area contributed by atoms with Crippen LogP contribution in [0.5, 0.6) is 0 Å². The summed E-state index contributed by atoms with van der Waals surface area (Å²) in [6.45, 7) is 4.73. The lowest BCUT2D eigenvalue weighted by molar-refractivity contribution is 0.337. The van der Waals surface area contributed by atoms with Crippen molar-refractivity contribution in [3.8, 4) is 0 Å². The number of pyridine rings is 1. The maximum atomic E-state index is 5.97. The molecule has 4 nitrogen and oxygen atoms in total. The van der Waals surface area contributed by atoms with Gasteiger partial charge in [-0.15, -0.1) is 0 Å². The van der Waals surface area contributed by atoms with Gasteiger partial charge in [0.25, 0.3) is 0 Å². The van der Waals surface area contributed by atoms with Crippen molar-refractivity contribution < 1.29 is 0 Å². The molecule has 1 aromatic heterocycles. The second kappa shape index (κ2) is 6.09. The molecular weight excluding hydrogens is 248 g/mol. The zero-order chi connectivity index (χ0) is 13.8. The van der Waals surface area contributed by atoms with Crippen LogP contribution in [0.15, 0.2) is 30.5 Å².